The van der Waals surface area contributed by atoms with Crippen LogP contribution in [-0.2, 0) is 12.7 Å². The number of likely N-dealkylation sites (tertiary alicyclic amines) is 1. The van der Waals surface area contributed by atoms with Crippen molar-refractivity contribution in [3.05, 3.63) is 30.4 Å². The number of aryl methyl sites for hydroxylation is 1. The maximum absolute atomic E-state index is 12.8. The summed E-state index contributed by atoms with van der Waals surface area (Å²) in [5, 5.41) is 12.3. The van der Waals surface area contributed by atoms with Gasteiger partial charge >= 0.3 is 12.3 Å². The van der Waals surface area contributed by atoms with Crippen LogP contribution >= 0.6 is 0 Å². The highest BCUT2D eigenvalue weighted by Crippen LogP contribution is 2.31. The molecule has 0 bridgehead atoms. The second-order valence-electron chi connectivity index (χ2n) is 6.86. The van der Waals surface area contributed by atoms with Crippen LogP contribution in [0, 0.1) is 0 Å². The summed E-state index contributed by atoms with van der Waals surface area (Å²) < 4.78 is 40.2. The summed E-state index contributed by atoms with van der Waals surface area (Å²) in [6, 6.07) is 2.12. The lowest BCUT2D eigenvalue weighted by atomic mass is 10.2. The number of pyridine rings is 1. The van der Waals surface area contributed by atoms with E-state index >= 15 is 0 Å². The van der Waals surface area contributed by atoms with Crippen LogP contribution in [0.15, 0.2) is 24.7 Å². The van der Waals surface area contributed by atoms with Crippen LogP contribution in [-0.4, -0.2) is 59.7 Å². The largest absolute Gasteiger partial charge is 0.465 e. The predicted molar refractivity (Wildman–Crippen MR) is 101 cm³/mol. The number of fused-ring (bicyclic) bond motifs is 1. The first-order valence-corrected chi connectivity index (χ1v) is 9.27. The fourth-order valence-corrected chi connectivity index (χ4v) is 3.50. The van der Waals surface area contributed by atoms with Crippen molar-refractivity contribution in [3.63, 3.8) is 0 Å². The van der Waals surface area contributed by atoms with Crippen LogP contribution in [0.4, 0.5) is 23.8 Å². The number of alkyl halides is 3. The van der Waals surface area contributed by atoms with Gasteiger partial charge in [0.1, 0.15) is 17.8 Å². The van der Waals surface area contributed by atoms with Gasteiger partial charge in [0.2, 0.25) is 0 Å². The SMILES string of the molecule is CCn1c(-c2ccc(C(F)(F)F)nc2)nc2c(NC3CCN(C(=O)O)C3)ncnc21. The number of aromatic nitrogens is 5. The lowest BCUT2D eigenvalue weighted by molar-refractivity contribution is -0.141. The molecule has 9 nitrogen and oxygen atoms in total. The molecule has 1 aliphatic heterocycles. The smallest absolute Gasteiger partial charge is 0.433 e. The van der Waals surface area contributed by atoms with Crippen LogP contribution < -0.4 is 5.32 Å². The molecule has 158 valence electrons. The van der Waals surface area contributed by atoms with Crippen LogP contribution in [0.1, 0.15) is 19.0 Å². The van der Waals surface area contributed by atoms with Crippen LogP contribution in [0.2, 0.25) is 0 Å². The second-order valence-corrected chi connectivity index (χ2v) is 6.86. The third kappa shape index (κ3) is 3.60. The number of rotatable bonds is 4. The lowest BCUT2D eigenvalue weighted by Gasteiger charge is -2.14. The second kappa shape index (κ2) is 7.43. The summed E-state index contributed by atoms with van der Waals surface area (Å²) in [7, 11) is 0. The average Bonchev–Trinajstić information content (AvgIpc) is 3.32. The first-order valence-electron chi connectivity index (χ1n) is 9.27. The molecule has 4 heterocycles. The molecule has 3 aromatic rings. The minimum atomic E-state index is -4.52. The van der Waals surface area contributed by atoms with E-state index in [1.54, 1.807) is 4.57 Å². The minimum Gasteiger partial charge on any atom is -0.465 e. The number of imidazole rings is 1. The number of carbonyl (C=O) groups is 1. The first kappa shape index (κ1) is 19.9. The third-order valence-corrected chi connectivity index (χ3v) is 4.96. The lowest BCUT2D eigenvalue weighted by Crippen LogP contribution is -2.30. The van der Waals surface area contributed by atoms with Gasteiger partial charge in [0, 0.05) is 37.4 Å². The molecule has 1 amide bonds. The molecule has 30 heavy (non-hydrogen) atoms. The zero-order valence-electron chi connectivity index (χ0n) is 15.9. The number of hydrogen-bond acceptors (Lipinski definition) is 6. The van der Waals surface area contributed by atoms with E-state index < -0.39 is 18.0 Å². The molecule has 0 aliphatic carbocycles. The third-order valence-electron chi connectivity index (χ3n) is 4.96. The zero-order chi connectivity index (χ0) is 21.5. The monoisotopic (exact) mass is 421 g/mol. The molecule has 12 heteroatoms. The van der Waals surface area contributed by atoms with Gasteiger partial charge in [0.05, 0.1) is 0 Å². The van der Waals surface area contributed by atoms with E-state index in [1.807, 2.05) is 6.92 Å². The Morgan fingerprint density at radius 2 is 2.10 bits per heavy atom. The standard InChI is InChI=1S/C18H18F3N7O2/c1-2-28-15(10-3-4-12(22-7-10)18(19,20)21)26-13-14(23-9-24-16(13)28)25-11-5-6-27(8-11)17(29)30/h3-4,7,9,11H,2,5-6,8H2,1H3,(H,29,30)(H,23,24,25). The van der Waals surface area contributed by atoms with Gasteiger partial charge in [-0.15, -0.1) is 0 Å². The van der Waals surface area contributed by atoms with Gasteiger partial charge in [-0.1, -0.05) is 0 Å². The maximum atomic E-state index is 12.8. The highest BCUT2D eigenvalue weighted by molar-refractivity contribution is 5.86. The topological polar surface area (TPSA) is 109 Å². The van der Waals surface area contributed by atoms with Crippen molar-refractivity contribution in [2.45, 2.75) is 32.1 Å². The molecule has 1 unspecified atom stereocenters. The van der Waals surface area contributed by atoms with Crippen molar-refractivity contribution in [2.24, 2.45) is 0 Å². The summed E-state index contributed by atoms with van der Waals surface area (Å²) in [5.74, 6) is 0.876. The van der Waals surface area contributed by atoms with Gasteiger partial charge in [-0.3, -0.25) is 4.98 Å². The van der Waals surface area contributed by atoms with E-state index in [0.717, 1.165) is 12.3 Å². The number of anilines is 1. The van der Waals surface area contributed by atoms with Crippen LogP contribution in [0.3, 0.4) is 0 Å². The van der Waals surface area contributed by atoms with E-state index in [9.17, 15) is 18.0 Å². The normalized spacial score (nSPS) is 16.9. The molecular formula is C18H18F3N7O2. The number of nitrogens with one attached hydrogen (secondary N) is 1. The van der Waals surface area contributed by atoms with Crippen LogP contribution in [0.25, 0.3) is 22.6 Å². The number of hydrogen-bond donors (Lipinski definition) is 2. The van der Waals surface area contributed by atoms with Gasteiger partial charge in [0.15, 0.2) is 17.0 Å². The summed E-state index contributed by atoms with van der Waals surface area (Å²) in [6.07, 6.45) is -2.35. The summed E-state index contributed by atoms with van der Waals surface area (Å²) in [6.45, 7) is 3.11. The summed E-state index contributed by atoms with van der Waals surface area (Å²) in [5.41, 5.74) is 0.435. The highest BCUT2D eigenvalue weighted by atomic mass is 19.4. The predicted octanol–water partition coefficient (Wildman–Crippen LogP) is 3.09. The minimum absolute atomic E-state index is 0.123. The molecule has 0 saturated carbocycles. The van der Waals surface area contributed by atoms with Crippen molar-refractivity contribution >= 4 is 23.1 Å². The van der Waals surface area contributed by atoms with E-state index in [-0.39, 0.29) is 6.04 Å². The van der Waals surface area contributed by atoms with E-state index in [2.05, 4.69) is 25.3 Å². The van der Waals surface area contributed by atoms with Gasteiger partial charge in [-0.05, 0) is 25.5 Å². The molecule has 2 N–H and O–H groups in total. The molecule has 1 aliphatic rings. The Bertz CT molecular complexity index is 1080. The Morgan fingerprint density at radius 3 is 2.70 bits per heavy atom. The molecule has 0 aromatic carbocycles. The van der Waals surface area contributed by atoms with E-state index in [4.69, 9.17) is 5.11 Å². The average molecular weight is 421 g/mol. The number of amides is 1. The van der Waals surface area contributed by atoms with Crippen molar-refractivity contribution in [2.75, 3.05) is 18.4 Å². The quantitative estimate of drug-likeness (QED) is 0.666. The molecule has 4 rings (SSSR count). The zero-order valence-corrected chi connectivity index (χ0v) is 15.9. The Kier molecular flexibility index (Phi) is 4.92. The highest BCUT2D eigenvalue weighted by Gasteiger charge is 2.32. The molecule has 3 aromatic heterocycles. The van der Waals surface area contributed by atoms with Gasteiger partial charge in [-0.2, -0.15) is 13.2 Å². The number of halogens is 3. The fourth-order valence-electron chi connectivity index (χ4n) is 3.50. The fraction of sp³-hybridized carbons (Fsp3) is 0.389. The van der Waals surface area contributed by atoms with Gasteiger partial charge < -0.3 is 19.9 Å². The van der Waals surface area contributed by atoms with Crippen molar-refractivity contribution in [3.8, 4) is 11.4 Å². The summed E-state index contributed by atoms with van der Waals surface area (Å²) >= 11 is 0. The van der Waals surface area contributed by atoms with E-state index in [0.29, 0.717) is 54.4 Å². The molecule has 0 radical (unpaired) electrons. The molecule has 0 spiro atoms. The van der Waals surface area contributed by atoms with Gasteiger partial charge in [0.25, 0.3) is 0 Å². The molecule has 1 fully saturated rings. The summed E-state index contributed by atoms with van der Waals surface area (Å²) in [4.78, 5) is 29.0. The van der Waals surface area contributed by atoms with Gasteiger partial charge in [-0.25, -0.2) is 19.7 Å². The number of nitrogens with zero attached hydrogens (tertiary/aromatic N) is 6. The molecule has 1 saturated heterocycles. The van der Waals surface area contributed by atoms with Crippen molar-refractivity contribution < 1.29 is 23.1 Å². The van der Waals surface area contributed by atoms with E-state index in [1.165, 1.54) is 17.3 Å². The number of carboxylic acid groups (broad SMARTS) is 1. The Labute approximate surface area is 168 Å². The Morgan fingerprint density at radius 1 is 1.30 bits per heavy atom. The van der Waals surface area contributed by atoms with Crippen LogP contribution in [0.5, 0.6) is 0 Å². The Balaban J connectivity index is 1.69. The molecular weight excluding hydrogens is 403 g/mol. The van der Waals surface area contributed by atoms with Crippen molar-refractivity contribution in [1.82, 2.24) is 29.4 Å². The Hall–Kier alpha value is -3.44. The van der Waals surface area contributed by atoms with Crippen molar-refractivity contribution in [1.29, 1.82) is 0 Å². The molecule has 1 atom stereocenters. The maximum Gasteiger partial charge on any atom is 0.433 e. The first-order chi connectivity index (χ1) is 14.3.